The van der Waals surface area contributed by atoms with Crippen molar-refractivity contribution in [3.63, 3.8) is 0 Å². The van der Waals surface area contributed by atoms with Crippen molar-refractivity contribution in [3.05, 3.63) is 17.0 Å². The fourth-order valence-electron chi connectivity index (χ4n) is 1.29. The Bertz CT molecular complexity index is 634. The van der Waals surface area contributed by atoms with Gasteiger partial charge in [-0.15, -0.1) is 11.3 Å². The van der Waals surface area contributed by atoms with Gasteiger partial charge in [0.2, 0.25) is 10.0 Å². The molecule has 9 heteroatoms. The summed E-state index contributed by atoms with van der Waals surface area (Å²) in [7, 11) is -3.84. The van der Waals surface area contributed by atoms with E-state index in [1.807, 2.05) is 20.8 Å². The molecule has 7 nitrogen and oxygen atoms in total. The Morgan fingerprint density at radius 2 is 2.05 bits per heavy atom. The molecule has 1 aromatic rings. The van der Waals surface area contributed by atoms with Crippen molar-refractivity contribution in [1.29, 1.82) is 0 Å². The highest BCUT2D eigenvalue weighted by Crippen LogP contribution is 2.19. The van der Waals surface area contributed by atoms with E-state index in [4.69, 9.17) is 9.88 Å². The Labute approximate surface area is 127 Å². The average molecular weight is 334 g/mol. The fraction of sp³-hybridized carbons (Fsp3) is 0.500. The molecule has 0 saturated carbocycles. The van der Waals surface area contributed by atoms with E-state index < -0.39 is 28.5 Å². The molecule has 1 heterocycles. The van der Waals surface area contributed by atoms with Gasteiger partial charge in [-0.2, -0.15) is 0 Å². The highest BCUT2D eigenvalue weighted by molar-refractivity contribution is 7.91. The van der Waals surface area contributed by atoms with Crippen LogP contribution >= 0.6 is 11.3 Å². The van der Waals surface area contributed by atoms with E-state index in [1.54, 1.807) is 0 Å². The zero-order valence-electron chi connectivity index (χ0n) is 12.0. The quantitative estimate of drug-likeness (QED) is 0.749. The molecule has 1 aromatic heterocycles. The van der Waals surface area contributed by atoms with E-state index >= 15 is 0 Å². The summed E-state index contributed by atoms with van der Waals surface area (Å²) in [5, 5.41) is 8.97. The van der Waals surface area contributed by atoms with Crippen LogP contribution in [0.25, 0.3) is 0 Å². The number of hydrogen-bond donors (Lipinski definition) is 2. The Morgan fingerprint density at radius 1 is 1.43 bits per heavy atom. The van der Waals surface area contributed by atoms with E-state index in [2.05, 4.69) is 5.32 Å². The minimum atomic E-state index is -3.84. The van der Waals surface area contributed by atoms with Crippen LogP contribution in [-0.2, 0) is 19.6 Å². The molecule has 0 radical (unpaired) electrons. The number of esters is 1. The van der Waals surface area contributed by atoms with Gasteiger partial charge in [0.15, 0.2) is 6.61 Å². The van der Waals surface area contributed by atoms with Gasteiger partial charge in [-0.3, -0.25) is 4.79 Å². The molecule has 0 aliphatic carbocycles. The third kappa shape index (κ3) is 5.44. The molecule has 118 valence electrons. The number of thiophene rings is 1. The van der Waals surface area contributed by atoms with Crippen LogP contribution in [0.4, 0.5) is 0 Å². The topological polar surface area (TPSA) is 116 Å². The number of nitrogens with one attached hydrogen (secondary N) is 1. The summed E-state index contributed by atoms with van der Waals surface area (Å²) < 4.78 is 26.9. The molecule has 0 saturated heterocycles. The van der Waals surface area contributed by atoms with Crippen LogP contribution in [0.3, 0.4) is 0 Å². The van der Waals surface area contributed by atoms with Crippen molar-refractivity contribution in [2.75, 3.05) is 6.61 Å². The summed E-state index contributed by atoms with van der Waals surface area (Å²) in [6.07, 6.45) is 0.731. The number of amides is 1. The number of sulfonamides is 1. The first-order chi connectivity index (χ1) is 9.55. The van der Waals surface area contributed by atoms with Gasteiger partial charge in [-0.25, -0.2) is 18.4 Å². The first-order valence-electron chi connectivity index (χ1n) is 6.14. The molecule has 0 aliphatic heterocycles. The molecular weight excluding hydrogens is 316 g/mol. The van der Waals surface area contributed by atoms with Crippen LogP contribution in [0.15, 0.2) is 15.7 Å². The van der Waals surface area contributed by atoms with Crippen molar-refractivity contribution < 1.29 is 22.7 Å². The zero-order chi connectivity index (χ0) is 16.3. The van der Waals surface area contributed by atoms with Gasteiger partial charge in [0.05, 0.1) is 5.56 Å². The number of ether oxygens (including phenoxy) is 1. The van der Waals surface area contributed by atoms with Crippen molar-refractivity contribution >= 4 is 33.2 Å². The lowest BCUT2D eigenvalue weighted by atomic mass is 10.0. The highest BCUT2D eigenvalue weighted by atomic mass is 32.2. The SMILES string of the molecule is CCC(C)(C)NC(=O)COC(=O)c1csc(S(N)(=O)=O)c1. The molecule has 0 aromatic carbocycles. The number of primary sulfonamides is 1. The Hall–Kier alpha value is -1.45. The van der Waals surface area contributed by atoms with Crippen LogP contribution in [0.5, 0.6) is 0 Å². The molecule has 0 atom stereocenters. The second-order valence-corrected chi connectivity index (χ2v) is 7.76. The number of hydrogen-bond acceptors (Lipinski definition) is 6. The average Bonchev–Trinajstić information content (AvgIpc) is 2.85. The van der Waals surface area contributed by atoms with E-state index in [1.165, 1.54) is 5.38 Å². The Balaban J connectivity index is 2.59. The molecule has 0 aliphatic rings. The van der Waals surface area contributed by atoms with Gasteiger partial charge < -0.3 is 10.1 Å². The standard InChI is InChI=1S/C12H18N2O5S2/c1-4-12(2,3)14-9(15)6-19-11(16)8-5-10(20-7-8)21(13,17)18/h5,7H,4,6H2,1-3H3,(H,14,15)(H2,13,17,18). The summed E-state index contributed by atoms with van der Waals surface area (Å²) in [5.41, 5.74) is -0.335. The van der Waals surface area contributed by atoms with Crippen LogP contribution < -0.4 is 10.5 Å². The third-order valence-electron chi connectivity index (χ3n) is 2.79. The second-order valence-electron chi connectivity index (χ2n) is 5.06. The predicted octanol–water partition coefficient (Wildman–Crippen LogP) is 0.857. The molecule has 0 unspecified atom stereocenters. The van der Waals surface area contributed by atoms with Crippen LogP contribution in [0.1, 0.15) is 37.6 Å². The first-order valence-corrected chi connectivity index (χ1v) is 8.57. The zero-order valence-corrected chi connectivity index (χ0v) is 13.6. The molecule has 0 spiro atoms. The Kier molecular flexibility index (Phi) is 5.48. The molecular formula is C12H18N2O5S2. The summed E-state index contributed by atoms with van der Waals surface area (Å²) in [4.78, 5) is 23.3. The molecule has 1 rings (SSSR count). The van der Waals surface area contributed by atoms with Crippen molar-refractivity contribution in [2.45, 2.75) is 36.9 Å². The van der Waals surface area contributed by atoms with Crippen molar-refractivity contribution in [3.8, 4) is 0 Å². The van der Waals surface area contributed by atoms with Gasteiger partial charge in [0, 0.05) is 10.9 Å². The molecule has 3 N–H and O–H groups in total. The van der Waals surface area contributed by atoms with Crippen LogP contribution in [0, 0.1) is 0 Å². The van der Waals surface area contributed by atoms with Gasteiger partial charge in [-0.1, -0.05) is 6.92 Å². The molecule has 1 amide bonds. The lowest BCUT2D eigenvalue weighted by Gasteiger charge is -2.24. The number of nitrogens with two attached hydrogens (primary N) is 1. The summed E-state index contributed by atoms with van der Waals surface area (Å²) in [5.74, 6) is -1.19. The number of carbonyl (C=O) groups excluding carboxylic acids is 2. The van der Waals surface area contributed by atoms with E-state index in [-0.39, 0.29) is 15.3 Å². The van der Waals surface area contributed by atoms with Gasteiger partial charge in [0.1, 0.15) is 4.21 Å². The first kappa shape index (κ1) is 17.6. The van der Waals surface area contributed by atoms with Gasteiger partial charge >= 0.3 is 5.97 Å². The lowest BCUT2D eigenvalue weighted by molar-refractivity contribution is -0.125. The maximum absolute atomic E-state index is 11.7. The molecule has 21 heavy (non-hydrogen) atoms. The maximum Gasteiger partial charge on any atom is 0.339 e. The van der Waals surface area contributed by atoms with Crippen molar-refractivity contribution in [1.82, 2.24) is 5.32 Å². The molecule has 0 bridgehead atoms. The van der Waals surface area contributed by atoms with Crippen LogP contribution in [-0.4, -0.2) is 32.4 Å². The smallest absolute Gasteiger partial charge is 0.339 e. The normalized spacial score (nSPS) is 12.0. The third-order valence-corrected chi connectivity index (χ3v) is 5.17. The Morgan fingerprint density at radius 3 is 2.52 bits per heavy atom. The van der Waals surface area contributed by atoms with E-state index in [0.29, 0.717) is 0 Å². The lowest BCUT2D eigenvalue weighted by Crippen LogP contribution is -2.44. The highest BCUT2D eigenvalue weighted by Gasteiger charge is 2.20. The van der Waals surface area contributed by atoms with E-state index in [0.717, 1.165) is 23.8 Å². The summed E-state index contributed by atoms with van der Waals surface area (Å²) >= 11 is 0.818. The minimum Gasteiger partial charge on any atom is -0.452 e. The minimum absolute atomic E-state index is 0.0478. The number of carbonyl (C=O) groups is 2. The summed E-state index contributed by atoms with van der Waals surface area (Å²) in [6.45, 7) is 5.20. The van der Waals surface area contributed by atoms with Crippen molar-refractivity contribution in [2.24, 2.45) is 5.14 Å². The fourth-order valence-corrected chi connectivity index (χ4v) is 2.86. The monoisotopic (exact) mass is 334 g/mol. The molecule has 0 fully saturated rings. The summed E-state index contributed by atoms with van der Waals surface area (Å²) in [6, 6.07) is 1.12. The van der Waals surface area contributed by atoms with Gasteiger partial charge in [0.25, 0.3) is 5.91 Å². The van der Waals surface area contributed by atoms with E-state index in [9.17, 15) is 18.0 Å². The van der Waals surface area contributed by atoms with Crippen LogP contribution in [0.2, 0.25) is 0 Å². The maximum atomic E-state index is 11.7. The second kappa shape index (κ2) is 6.54. The number of rotatable bonds is 6. The largest absolute Gasteiger partial charge is 0.452 e. The predicted molar refractivity (Wildman–Crippen MR) is 78.5 cm³/mol. The van der Waals surface area contributed by atoms with Gasteiger partial charge in [-0.05, 0) is 26.3 Å².